The van der Waals surface area contributed by atoms with Crippen molar-refractivity contribution < 1.29 is 14.3 Å². The Bertz CT molecular complexity index is 619. The van der Waals surface area contributed by atoms with Gasteiger partial charge in [-0.3, -0.25) is 4.79 Å². The monoisotopic (exact) mass is 342 g/mol. The number of halogens is 2. The van der Waals surface area contributed by atoms with E-state index in [-0.39, 0.29) is 0 Å². The molecular weight excluding hydrogens is 327 g/mol. The molecule has 7 heteroatoms. The topological polar surface area (TPSA) is 67.4 Å². The Morgan fingerprint density at radius 1 is 1.36 bits per heavy atom. The fourth-order valence-electron chi connectivity index (χ4n) is 2.24. The van der Waals surface area contributed by atoms with Gasteiger partial charge in [0.15, 0.2) is 0 Å². The number of hydrogen-bond acceptors (Lipinski definition) is 3. The summed E-state index contributed by atoms with van der Waals surface area (Å²) >= 11 is 11.9. The lowest BCUT2D eigenvalue weighted by atomic mass is 9.89. The Labute approximate surface area is 138 Å². The summed E-state index contributed by atoms with van der Waals surface area (Å²) in [6.45, 7) is 5.97. The van der Waals surface area contributed by atoms with E-state index in [9.17, 15) is 9.59 Å². The number of benzene rings is 1. The molecule has 0 saturated carbocycles. The van der Waals surface area contributed by atoms with Crippen LogP contribution in [0.2, 0.25) is 10.0 Å². The van der Waals surface area contributed by atoms with Gasteiger partial charge in [0.2, 0.25) is 0 Å². The van der Waals surface area contributed by atoms with Crippen LogP contribution in [0.5, 0.6) is 0 Å². The van der Waals surface area contributed by atoms with Crippen molar-refractivity contribution in [3.8, 4) is 0 Å². The molecule has 0 spiro atoms. The molecule has 1 aromatic carbocycles. The van der Waals surface area contributed by atoms with Gasteiger partial charge in [-0.15, -0.1) is 0 Å². The fraction of sp³-hybridized carbons (Fsp3) is 0.333. The summed E-state index contributed by atoms with van der Waals surface area (Å²) in [5.74, 6) is -1.18. The molecule has 0 unspecified atom stereocenters. The molecule has 5 nitrogen and oxygen atoms in total. The number of carbonyl (C=O) groups is 2. The highest BCUT2D eigenvalue weighted by atomic mass is 35.5. The minimum absolute atomic E-state index is 0.293. The first-order valence-corrected chi connectivity index (χ1v) is 7.57. The molecule has 0 aromatic heterocycles. The van der Waals surface area contributed by atoms with Gasteiger partial charge in [-0.2, -0.15) is 0 Å². The summed E-state index contributed by atoms with van der Waals surface area (Å²) in [7, 11) is 0. The van der Waals surface area contributed by atoms with Crippen molar-refractivity contribution in [1.82, 2.24) is 10.6 Å². The molecule has 1 heterocycles. The smallest absolute Gasteiger partial charge is 0.319 e. The van der Waals surface area contributed by atoms with E-state index in [4.69, 9.17) is 27.9 Å². The number of urea groups is 1. The molecule has 2 amide bonds. The van der Waals surface area contributed by atoms with E-state index in [1.54, 1.807) is 18.2 Å². The van der Waals surface area contributed by atoms with Crippen LogP contribution >= 0.6 is 23.2 Å². The normalized spacial score (nSPS) is 21.0. The van der Waals surface area contributed by atoms with Crippen LogP contribution in [0.3, 0.4) is 0 Å². The van der Waals surface area contributed by atoms with Crippen LogP contribution in [0.15, 0.2) is 30.5 Å². The number of amides is 2. The van der Waals surface area contributed by atoms with Crippen LogP contribution in [0.4, 0.5) is 4.79 Å². The van der Waals surface area contributed by atoms with Gasteiger partial charge >= 0.3 is 12.0 Å². The lowest BCUT2D eigenvalue weighted by molar-refractivity contribution is -0.148. The lowest BCUT2D eigenvalue weighted by Gasteiger charge is -2.33. The quantitative estimate of drug-likeness (QED) is 0.823. The molecule has 2 atom stereocenters. The minimum atomic E-state index is -0.735. The van der Waals surface area contributed by atoms with Crippen LogP contribution in [-0.4, -0.2) is 18.6 Å². The summed E-state index contributed by atoms with van der Waals surface area (Å²) in [6.07, 6.45) is 0.710. The van der Waals surface area contributed by atoms with Crippen molar-refractivity contribution in [2.24, 2.45) is 5.92 Å². The van der Waals surface area contributed by atoms with Crippen molar-refractivity contribution in [3.63, 3.8) is 0 Å². The first-order chi connectivity index (χ1) is 10.4. The van der Waals surface area contributed by atoms with Crippen LogP contribution in [-0.2, 0) is 9.53 Å². The second kappa shape index (κ2) is 7.03. The molecule has 0 bridgehead atoms. The summed E-state index contributed by atoms with van der Waals surface area (Å²) in [5, 5.41) is 5.96. The molecule has 1 aliphatic rings. The summed E-state index contributed by atoms with van der Waals surface area (Å²) in [6, 6.07) is 3.90. The number of hydrogen-bond donors (Lipinski definition) is 2. The minimum Gasteiger partial charge on any atom is -0.465 e. The summed E-state index contributed by atoms with van der Waals surface area (Å²) in [5.41, 5.74) is 0.949. The number of rotatable bonds is 4. The highest BCUT2D eigenvalue weighted by Crippen LogP contribution is 2.33. The van der Waals surface area contributed by atoms with Crippen LogP contribution < -0.4 is 10.6 Å². The zero-order valence-electron chi connectivity index (χ0n) is 12.0. The molecule has 1 fully saturated rings. The van der Waals surface area contributed by atoms with Crippen LogP contribution in [0.25, 0.3) is 0 Å². The average molecular weight is 343 g/mol. The zero-order valence-corrected chi connectivity index (χ0v) is 13.5. The van der Waals surface area contributed by atoms with Gasteiger partial charge < -0.3 is 15.4 Å². The first kappa shape index (κ1) is 16.6. The third kappa shape index (κ3) is 3.54. The van der Waals surface area contributed by atoms with Gasteiger partial charge in [0.1, 0.15) is 5.92 Å². The Morgan fingerprint density at radius 2 is 2.09 bits per heavy atom. The first-order valence-electron chi connectivity index (χ1n) is 6.82. The van der Waals surface area contributed by atoms with Crippen molar-refractivity contribution >= 4 is 35.2 Å². The predicted molar refractivity (Wildman–Crippen MR) is 84.8 cm³/mol. The maximum atomic E-state index is 12.3. The molecule has 2 rings (SSSR count). The van der Waals surface area contributed by atoms with Gasteiger partial charge in [-0.05, 0) is 24.1 Å². The molecule has 0 radical (unpaired) electrons. The van der Waals surface area contributed by atoms with Crippen LogP contribution in [0, 0.1) is 5.92 Å². The number of esters is 1. The maximum Gasteiger partial charge on any atom is 0.319 e. The molecule has 1 saturated heterocycles. The highest BCUT2D eigenvalue weighted by molar-refractivity contribution is 6.42. The SMILES string of the molecule is C=C1NC(=O)N[C@@H](c2ccc(Cl)c(Cl)c2)[C@@H]1C(=O)OCCC. The van der Waals surface area contributed by atoms with E-state index < -0.39 is 24.0 Å². The predicted octanol–water partition coefficient (Wildman–Crippen LogP) is 3.43. The van der Waals surface area contributed by atoms with E-state index >= 15 is 0 Å². The van der Waals surface area contributed by atoms with E-state index in [1.165, 1.54) is 0 Å². The van der Waals surface area contributed by atoms with Crippen molar-refractivity contribution in [1.29, 1.82) is 0 Å². The Hall–Kier alpha value is -1.72. The van der Waals surface area contributed by atoms with Crippen molar-refractivity contribution in [2.45, 2.75) is 19.4 Å². The van der Waals surface area contributed by atoms with E-state index in [0.29, 0.717) is 34.3 Å². The van der Waals surface area contributed by atoms with Crippen LogP contribution in [0.1, 0.15) is 24.9 Å². The molecule has 22 heavy (non-hydrogen) atoms. The van der Waals surface area contributed by atoms with Gasteiger partial charge in [-0.1, -0.05) is 42.8 Å². The third-order valence-electron chi connectivity index (χ3n) is 3.27. The van der Waals surface area contributed by atoms with E-state index in [2.05, 4.69) is 17.2 Å². The van der Waals surface area contributed by atoms with E-state index in [1.807, 2.05) is 6.92 Å². The summed E-state index contributed by atoms with van der Waals surface area (Å²) < 4.78 is 5.19. The molecule has 1 aliphatic heterocycles. The second-order valence-corrected chi connectivity index (χ2v) is 5.73. The largest absolute Gasteiger partial charge is 0.465 e. The van der Waals surface area contributed by atoms with Gasteiger partial charge in [0.05, 0.1) is 22.7 Å². The molecule has 1 aromatic rings. The standard InChI is InChI=1S/C15H16Cl2N2O3/c1-3-6-22-14(20)12-8(2)18-15(21)19-13(12)9-4-5-10(16)11(17)7-9/h4-5,7,12-13H,2-3,6H2,1H3,(H2,18,19,21)/t12-,13+/m1/s1. The number of carbonyl (C=O) groups excluding carboxylic acids is 2. The highest BCUT2D eigenvalue weighted by Gasteiger charge is 2.38. The van der Waals surface area contributed by atoms with Gasteiger partial charge in [0.25, 0.3) is 0 Å². The Balaban J connectivity index is 2.33. The molecule has 0 aliphatic carbocycles. The Morgan fingerprint density at radius 3 is 2.73 bits per heavy atom. The van der Waals surface area contributed by atoms with Gasteiger partial charge in [0, 0.05) is 5.70 Å². The number of ether oxygens (including phenoxy) is 1. The zero-order chi connectivity index (χ0) is 16.3. The molecule has 118 valence electrons. The summed E-state index contributed by atoms with van der Waals surface area (Å²) in [4.78, 5) is 24.0. The molecular formula is C15H16Cl2N2O3. The maximum absolute atomic E-state index is 12.3. The van der Waals surface area contributed by atoms with E-state index in [0.717, 1.165) is 0 Å². The lowest BCUT2D eigenvalue weighted by Crippen LogP contribution is -2.51. The van der Waals surface area contributed by atoms with Crippen molar-refractivity contribution in [2.75, 3.05) is 6.61 Å². The van der Waals surface area contributed by atoms with Gasteiger partial charge in [-0.25, -0.2) is 4.79 Å². The van der Waals surface area contributed by atoms with Crippen molar-refractivity contribution in [3.05, 3.63) is 46.1 Å². The average Bonchev–Trinajstić information content (AvgIpc) is 2.46. The second-order valence-electron chi connectivity index (χ2n) is 4.92. The number of nitrogens with one attached hydrogen (secondary N) is 2. The Kier molecular flexibility index (Phi) is 5.32. The third-order valence-corrected chi connectivity index (χ3v) is 4.01. The molecule has 2 N–H and O–H groups in total. The fourth-order valence-corrected chi connectivity index (χ4v) is 2.54.